The second-order valence-corrected chi connectivity index (χ2v) is 6.32. The van der Waals surface area contributed by atoms with Crippen LogP contribution < -0.4 is 9.64 Å². The van der Waals surface area contributed by atoms with Crippen molar-refractivity contribution in [3.8, 4) is 5.75 Å². The average Bonchev–Trinajstić information content (AvgIpc) is 2.66. The molecular weight excluding hydrogens is 403 g/mol. The van der Waals surface area contributed by atoms with Crippen molar-refractivity contribution in [3.63, 3.8) is 0 Å². The number of carboxylic acid groups (broad SMARTS) is 1. The summed E-state index contributed by atoms with van der Waals surface area (Å²) in [5.41, 5.74) is -1.05. The lowest BCUT2D eigenvalue weighted by Gasteiger charge is -2.30. The number of carbonyl (C=O) groups is 1. The highest BCUT2D eigenvalue weighted by Crippen LogP contribution is 2.35. The van der Waals surface area contributed by atoms with Gasteiger partial charge in [-0.25, -0.2) is 14.8 Å². The molecule has 0 amide bonds. The minimum absolute atomic E-state index is 0.0552. The number of aliphatic carboxylic acids is 1. The van der Waals surface area contributed by atoms with Gasteiger partial charge in [-0.05, 0) is 12.1 Å². The maximum atomic E-state index is 13.1. The van der Waals surface area contributed by atoms with Crippen LogP contribution in [0.2, 0.25) is 5.02 Å². The van der Waals surface area contributed by atoms with Gasteiger partial charge < -0.3 is 19.5 Å². The molecule has 0 bridgehead atoms. The van der Waals surface area contributed by atoms with E-state index in [0.717, 1.165) is 6.07 Å². The van der Waals surface area contributed by atoms with E-state index in [1.807, 2.05) is 0 Å². The van der Waals surface area contributed by atoms with E-state index in [1.54, 1.807) is 4.90 Å². The molecule has 150 valence electrons. The number of rotatable bonds is 5. The Bertz CT molecular complexity index is 849. The number of ether oxygens (including phenoxy) is 2. The summed E-state index contributed by atoms with van der Waals surface area (Å²) in [6.45, 7) is 0.309. The van der Waals surface area contributed by atoms with Gasteiger partial charge in [0.25, 0.3) is 0 Å². The standard InChI is InChI=1S/C17H15ClF3N3O4/c18-13-3-1-2-12(17(19,20)21)11(13)9-28-10-6-22-16(23-7-10)24-4-5-27-14(8-24)15(25)26/h1-3,6-7,14H,4-5,8-9H2,(H,25,26). The Balaban J connectivity index is 1.68. The van der Waals surface area contributed by atoms with E-state index in [4.69, 9.17) is 26.2 Å². The molecule has 1 aliphatic rings. The van der Waals surface area contributed by atoms with E-state index >= 15 is 0 Å². The van der Waals surface area contributed by atoms with Crippen molar-refractivity contribution in [2.75, 3.05) is 24.6 Å². The van der Waals surface area contributed by atoms with Crippen LogP contribution in [-0.4, -0.2) is 46.8 Å². The number of carboxylic acids is 1. The lowest BCUT2D eigenvalue weighted by atomic mass is 10.1. The SMILES string of the molecule is O=C(O)C1CN(c2ncc(OCc3c(Cl)cccc3C(F)(F)F)cn2)CCO1. The molecule has 2 heterocycles. The zero-order valence-corrected chi connectivity index (χ0v) is 15.1. The van der Waals surface area contributed by atoms with E-state index in [0.29, 0.717) is 6.54 Å². The van der Waals surface area contributed by atoms with Gasteiger partial charge in [0.15, 0.2) is 11.9 Å². The Kier molecular flexibility index (Phi) is 5.90. The van der Waals surface area contributed by atoms with Gasteiger partial charge in [-0.2, -0.15) is 13.2 Å². The fraction of sp³-hybridized carbons (Fsp3) is 0.353. The van der Waals surface area contributed by atoms with Crippen molar-refractivity contribution >= 4 is 23.5 Å². The summed E-state index contributed by atoms with van der Waals surface area (Å²) >= 11 is 5.89. The third-order valence-electron chi connectivity index (χ3n) is 4.05. The summed E-state index contributed by atoms with van der Waals surface area (Å²) in [7, 11) is 0. The van der Waals surface area contributed by atoms with Crippen LogP contribution >= 0.6 is 11.6 Å². The van der Waals surface area contributed by atoms with Crippen LogP contribution in [0.4, 0.5) is 19.1 Å². The van der Waals surface area contributed by atoms with Gasteiger partial charge in [-0.15, -0.1) is 0 Å². The number of hydrogen-bond donors (Lipinski definition) is 1. The van der Waals surface area contributed by atoms with Crippen LogP contribution in [0, 0.1) is 0 Å². The number of anilines is 1. The zero-order chi connectivity index (χ0) is 20.3. The van der Waals surface area contributed by atoms with Crippen molar-refractivity contribution in [2.45, 2.75) is 18.9 Å². The average molecular weight is 418 g/mol. The lowest BCUT2D eigenvalue weighted by Crippen LogP contribution is -2.46. The molecule has 2 aromatic rings. The number of nitrogens with zero attached hydrogens (tertiary/aromatic N) is 3. The molecule has 1 aromatic carbocycles. The van der Waals surface area contributed by atoms with E-state index in [-0.39, 0.29) is 35.4 Å². The smallest absolute Gasteiger partial charge is 0.416 e. The molecule has 1 atom stereocenters. The molecule has 1 N–H and O–H groups in total. The van der Waals surface area contributed by atoms with E-state index in [2.05, 4.69) is 9.97 Å². The molecule has 0 aliphatic carbocycles. The second kappa shape index (κ2) is 8.19. The first-order valence-electron chi connectivity index (χ1n) is 8.14. The summed E-state index contributed by atoms with van der Waals surface area (Å²) in [6, 6.07) is 3.51. The minimum Gasteiger partial charge on any atom is -0.486 e. The highest BCUT2D eigenvalue weighted by atomic mass is 35.5. The minimum atomic E-state index is -4.55. The molecule has 1 unspecified atom stereocenters. The van der Waals surface area contributed by atoms with E-state index < -0.39 is 30.4 Å². The first kappa shape index (κ1) is 20.2. The highest BCUT2D eigenvalue weighted by molar-refractivity contribution is 6.31. The molecule has 28 heavy (non-hydrogen) atoms. The van der Waals surface area contributed by atoms with Crippen LogP contribution in [0.25, 0.3) is 0 Å². The molecule has 0 radical (unpaired) electrons. The molecule has 1 aliphatic heterocycles. The highest BCUT2D eigenvalue weighted by Gasteiger charge is 2.34. The Morgan fingerprint density at radius 2 is 2.07 bits per heavy atom. The van der Waals surface area contributed by atoms with Gasteiger partial charge in [0.2, 0.25) is 5.95 Å². The summed E-state index contributed by atoms with van der Waals surface area (Å²) in [6.07, 6.45) is -2.93. The molecule has 1 fully saturated rings. The van der Waals surface area contributed by atoms with Gasteiger partial charge in [0.05, 0.1) is 31.1 Å². The second-order valence-electron chi connectivity index (χ2n) is 5.91. The Labute approximate surface area is 162 Å². The van der Waals surface area contributed by atoms with Crippen molar-refractivity contribution < 1.29 is 32.5 Å². The van der Waals surface area contributed by atoms with Gasteiger partial charge in [0, 0.05) is 17.1 Å². The number of benzene rings is 1. The molecule has 0 saturated carbocycles. The Morgan fingerprint density at radius 3 is 2.71 bits per heavy atom. The fourth-order valence-corrected chi connectivity index (χ4v) is 2.88. The summed E-state index contributed by atoms with van der Waals surface area (Å²) < 4.78 is 49.8. The number of halogens is 4. The lowest BCUT2D eigenvalue weighted by molar-refractivity contribution is -0.150. The topological polar surface area (TPSA) is 84.8 Å². The Hall–Kier alpha value is -2.59. The molecule has 3 rings (SSSR count). The summed E-state index contributed by atoms with van der Waals surface area (Å²) in [5.74, 6) is -0.652. The molecule has 7 nitrogen and oxygen atoms in total. The third kappa shape index (κ3) is 4.63. The van der Waals surface area contributed by atoms with Gasteiger partial charge in [0.1, 0.15) is 6.61 Å². The van der Waals surface area contributed by atoms with Crippen molar-refractivity contribution in [3.05, 3.63) is 46.7 Å². The number of aromatic nitrogens is 2. The Morgan fingerprint density at radius 1 is 1.36 bits per heavy atom. The van der Waals surface area contributed by atoms with Crippen LogP contribution in [0.5, 0.6) is 5.75 Å². The maximum absolute atomic E-state index is 13.1. The predicted molar refractivity (Wildman–Crippen MR) is 92.4 cm³/mol. The zero-order valence-electron chi connectivity index (χ0n) is 14.3. The van der Waals surface area contributed by atoms with Crippen molar-refractivity contribution in [2.24, 2.45) is 0 Å². The quantitative estimate of drug-likeness (QED) is 0.800. The van der Waals surface area contributed by atoms with Gasteiger partial charge >= 0.3 is 12.1 Å². The molecule has 1 aromatic heterocycles. The van der Waals surface area contributed by atoms with E-state index in [9.17, 15) is 18.0 Å². The van der Waals surface area contributed by atoms with Gasteiger partial charge in [-0.1, -0.05) is 17.7 Å². The van der Waals surface area contributed by atoms with E-state index in [1.165, 1.54) is 24.5 Å². The molecule has 0 spiro atoms. The largest absolute Gasteiger partial charge is 0.486 e. The van der Waals surface area contributed by atoms with Crippen LogP contribution in [-0.2, 0) is 22.3 Å². The van der Waals surface area contributed by atoms with Crippen LogP contribution in [0.1, 0.15) is 11.1 Å². The monoisotopic (exact) mass is 417 g/mol. The summed E-state index contributed by atoms with van der Waals surface area (Å²) in [4.78, 5) is 20.8. The van der Waals surface area contributed by atoms with Crippen LogP contribution in [0.15, 0.2) is 30.6 Å². The first-order valence-corrected chi connectivity index (χ1v) is 8.52. The molecule has 11 heteroatoms. The first-order chi connectivity index (χ1) is 13.3. The fourth-order valence-electron chi connectivity index (χ4n) is 2.65. The maximum Gasteiger partial charge on any atom is 0.416 e. The third-order valence-corrected chi connectivity index (χ3v) is 4.40. The normalized spacial score (nSPS) is 17.4. The number of alkyl halides is 3. The van der Waals surface area contributed by atoms with Gasteiger partial charge in [-0.3, -0.25) is 0 Å². The number of hydrogen-bond acceptors (Lipinski definition) is 6. The summed E-state index contributed by atoms with van der Waals surface area (Å²) in [5, 5.41) is 8.97. The molecular formula is C17H15ClF3N3O4. The number of morpholine rings is 1. The van der Waals surface area contributed by atoms with Crippen molar-refractivity contribution in [1.29, 1.82) is 0 Å². The van der Waals surface area contributed by atoms with Crippen molar-refractivity contribution in [1.82, 2.24) is 9.97 Å². The predicted octanol–water partition coefficient (Wildman–Crippen LogP) is 3.02. The van der Waals surface area contributed by atoms with Crippen LogP contribution in [0.3, 0.4) is 0 Å². The molecule has 1 saturated heterocycles.